The van der Waals surface area contributed by atoms with Crippen LogP contribution in [0.3, 0.4) is 0 Å². The van der Waals surface area contributed by atoms with Gasteiger partial charge >= 0.3 is 6.18 Å². The summed E-state index contributed by atoms with van der Waals surface area (Å²) >= 11 is 1.63. The van der Waals surface area contributed by atoms with Crippen molar-refractivity contribution in [1.29, 1.82) is 0 Å². The molecule has 0 aliphatic carbocycles. The lowest BCUT2D eigenvalue weighted by atomic mass is 10.1. The number of alkyl halides is 3. The van der Waals surface area contributed by atoms with Gasteiger partial charge in [-0.15, -0.1) is 11.3 Å². The van der Waals surface area contributed by atoms with Gasteiger partial charge in [0.25, 0.3) is 0 Å². The van der Waals surface area contributed by atoms with Crippen molar-refractivity contribution in [2.24, 2.45) is 0 Å². The van der Waals surface area contributed by atoms with Crippen LogP contribution in [-0.2, 0) is 25.7 Å². The molecule has 8 heteroatoms. The van der Waals surface area contributed by atoms with Crippen LogP contribution in [0.2, 0.25) is 0 Å². The van der Waals surface area contributed by atoms with Gasteiger partial charge in [-0.3, -0.25) is 4.90 Å². The van der Waals surface area contributed by atoms with E-state index in [1.807, 2.05) is 46.6 Å². The summed E-state index contributed by atoms with van der Waals surface area (Å²) in [6, 6.07) is 13.2. The molecule has 158 valence electrons. The zero-order valence-electron chi connectivity index (χ0n) is 16.5. The second-order valence-electron chi connectivity index (χ2n) is 7.52. The molecule has 0 spiro atoms. The van der Waals surface area contributed by atoms with Gasteiger partial charge in [-0.2, -0.15) is 13.2 Å². The van der Waals surface area contributed by atoms with Gasteiger partial charge in [0.2, 0.25) is 0 Å². The molecule has 0 saturated carbocycles. The normalized spacial score (nSPS) is 14.5. The Bertz CT molecular complexity index is 1180. The van der Waals surface area contributed by atoms with Gasteiger partial charge < -0.3 is 4.57 Å². The Labute approximate surface area is 181 Å². The molecule has 4 aromatic rings. The number of benzene rings is 1. The zero-order chi connectivity index (χ0) is 21.4. The molecular weight excluding hydrogens is 421 g/mol. The number of thiophene rings is 1. The molecule has 0 atom stereocenters. The number of rotatable bonds is 4. The van der Waals surface area contributed by atoms with Gasteiger partial charge in [0.15, 0.2) is 5.82 Å². The fourth-order valence-corrected chi connectivity index (χ4v) is 4.54. The summed E-state index contributed by atoms with van der Waals surface area (Å²) in [5, 5.41) is 2.02. The summed E-state index contributed by atoms with van der Waals surface area (Å²) in [6.07, 6.45) is 0.312. The number of halogens is 3. The smallest absolute Gasteiger partial charge is 0.320 e. The predicted molar refractivity (Wildman–Crippen MR) is 114 cm³/mol. The number of hydrogen-bond donors (Lipinski definition) is 0. The van der Waals surface area contributed by atoms with Crippen molar-refractivity contribution in [3.8, 4) is 16.4 Å². The molecule has 0 bridgehead atoms. The molecule has 4 heterocycles. The maximum absolute atomic E-state index is 12.9. The van der Waals surface area contributed by atoms with Gasteiger partial charge in [0, 0.05) is 55.4 Å². The summed E-state index contributed by atoms with van der Waals surface area (Å²) in [6.45, 7) is 2.31. The second-order valence-corrected chi connectivity index (χ2v) is 8.47. The summed E-state index contributed by atoms with van der Waals surface area (Å²) in [5.41, 5.74) is 3.32. The van der Waals surface area contributed by atoms with Crippen molar-refractivity contribution >= 4 is 11.3 Å². The first-order chi connectivity index (χ1) is 15.0. The predicted octanol–water partition coefficient (Wildman–Crippen LogP) is 5.57. The van der Waals surface area contributed by atoms with Crippen LogP contribution in [0.5, 0.6) is 0 Å². The van der Waals surface area contributed by atoms with Crippen molar-refractivity contribution in [2.75, 3.05) is 6.54 Å². The van der Waals surface area contributed by atoms with E-state index in [1.54, 1.807) is 11.3 Å². The molecule has 31 heavy (non-hydrogen) atoms. The first kappa shape index (κ1) is 20.0. The molecule has 0 N–H and O–H groups in total. The second kappa shape index (κ2) is 7.94. The standard InChI is InChI=1S/C23H19F3N4S/c24-23(25,26)17-5-7-18(8-6-17)30-10-1-3-19(30)15-29-11-9-20-16(14-29)13-27-22(28-20)21-4-2-12-31-21/h1-8,10,12-13H,9,11,14-15H2. The minimum absolute atomic E-state index is 0.639. The molecule has 1 aliphatic rings. The third kappa shape index (κ3) is 4.13. The molecule has 0 amide bonds. The number of nitrogens with zero attached hydrogens (tertiary/aromatic N) is 4. The molecule has 0 fully saturated rings. The third-order valence-electron chi connectivity index (χ3n) is 5.45. The fraction of sp³-hybridized carbons (Fsp3) is 0.217. The summed E-state index contributed by atoms with van der Waals surface area (Å²) < 4.78 is 40.5. The average Bonchev–Trinajstić information content (AvgIpc) is 3.45. The van der Waals surface area contributed by atoms with E-state index >= 15 is 0 Å². The first-order valence-corrected chi connectivity index (χ1v) is 10.8. The highest BCUT2D eigenvalue weighted by Gasteiger charge is 2.30. The van der Waals surface area contributed by atoms with Crippen LogP contribution in [0.25, 0.3) is 16.4 Å². The summed E-state index contributed by atoms with van der Waals surface area (Å²) in [4.78, 5) is 12.7. The highest BCUT2D eigenvalue weighted by Crippen LogP contribution is 2.30. The third-order valence-corrected chi connectivity index (χ3v) is 6.31. The molecule has 0 unspecified atom stereocenters. The molecule has 4 nitrogen and oxygen atoms in total. The van der Waals surface area contributed by atoms with Crippen LogP contribution in [-0.4, -0.2) is 26.0 Å². The Balaban J connectivity index is 1.32. The number of fused-ring (bicyclic) bond motifs is 1. The van der Waals surface area contributed by atoms with E-state index in [2.05, 4.69) is 9.88 Å². The zero-order valence-corrected chi connectivity index (χ0v) is 17.3. The lowest BCUT2D eigenvalue weighted by molar-refractivity contribution is -0.137. The van der Waals surface area contributed by atoms with Crippen LogP contribution < -0.4 is 0 Å². The van der Waals surface area contributed by atoms with Gasteiger partial charge in [-0.1, -0.05) is 6.07 Å². The largest absolute Gasteiger partial charge is 0.416 e. The van der Waals surface area contributed by atoms with Gasteiger partial charge in [-0.25, -0.2) is 9.97 Å². The maximum Gasteiger partial charge on any atom is 0.416 e. The fourth-order valence-electron chi connectivity index (χ4n) is 3.87. The number of aromatic nitrogens is 3. The first-order valence-electron chi connectivity index (χ1n) is 9.92. The van der Waals surface area contributed by atoms with Crippen molar-refractivity contribution in [1.82, 2.24) is 19.4 Å². The maximum atomic E-state index is 12.9. The van der Waals surface area contributed by atoms with E-state index in [9.17, 15) is 13.2 Å². The highest BCUT2D eigenvalue weighted by molar-refractivity contribution is 7.13. The summed E-state index contributed by atoms with van der Waals surface area (Å²) in [7, 11) is 0. The molecule has 3 aromatic heterocycles. The van der Waals surface area contributed by atoms with E-state index in [4.69, 9.17) is 4.98 Å². The van der Waals surface area contributed by atoms with E-state index in [1.165, 1.54) is 12.1 Å². The lowest BCUT2D eigenvalue weighted by Crippen LogP contribution is -2.31. The van der Waals surface area contributed by atoms with Gasteiger partial charge in [0.05, 0.1) is 16.1 Å². The van der Waals surface area contributed by atoms with Gasteiger partial charge in [0.1, 0.15) is 0 Å². The molecular formula is C23H19F3N4S. The van der Waals surface area contributed by atoms with Crippen molar-refractivity contribution in [3.63, 3.8) is 0 Å². The van der Waals surface area contributed by atoms with Crippen LogP contribution >= 0.6 is 11.3 Å². The Morgan fingerprint density at radius 2 is 1.87 bits per heavy atom. The molecule has 0 radical (unpaired) electrons. The molecule has 1 aliphatic heterocycles. The van der Waals surface area contributed by atoms with Crippen LogP contribution in [0.15, 0.2) is 66.3 Å². The van der Waals surface area contributed by atoms with Crippen LogP contribution in [0, 0.1) is 0 Å². The molecule has 0 saturated heterocycles. The topological polar surface area (TPSA) is 34.0 Å². The summed E-state index contributed by atoms with van der Waals surface area (Å²) in [5.74, 6) is 0.776. The van der Waals surface area contributed by atoms with Gasteiger partial charge in [-0.05, 0) is 47.8 Å². The highest BCUT2D eigenvalue weighted by atomic mass is 32.1. The lowest BCUT2D eigenvalue weighted by Gasteiger charge is -2.28. The average molecular weight is 440 g/mol. The number of hydrogen-bond acceptors (Lipinski definition) is 4. The van der Waals surface area contributed by atoms with Crippen LogP contribution in [0.4, 0.5) is 13.2 Å². The van der Waals surface area contributed by atoms with Crippen molar-refractivity contribution in [3.05, 3.63) is 88.8 Å². The van der Waals surface area contributed by atoms with E-state index < -0.39 is 11.7 Å². The van der Waals surface area contributed by atoms with E-state index in [-0.39, 0.29) is 0 Å². The monoisotopic (exact) mass is 440 g/mol. The minimum Gasteiger partial charge on any atom is -0.320 e. The Kier molecular flexibility index (Phi) is 5.11. The Morgan fingerprint density at radius 3 is 2.61 bits per heavy atom. The SMILES string of the molecule is FC(F)(F)c1ccc(-n2cccc2CN2CCc3nc(-c4cccs4)ncc3C2)cc1. The van der Waals surface area contributed by atoms with Crippen molar-refractivity contribution in [2.45, 2.75) is 25.7 Å². The minimum atomic E-state index is -4.33. The Hall–Kier alpha value is -2.97. The van der Waals surface area contributed by atoms with Crippen molar-refractivity contribution < 1.29 is 13.2 Å². The quantitative estimate of drug-likeness (QED) is 0.416. The van der Waals surface area contributed by atoms with E-state index in [0.717, 1.165) is 59.3 Å². The van der Waals surface area contributed by atoms with Crippen LogP contribution in [0.1, 0.15) is 22.5 Å². The van der Waals surface area contributed by atoms with E-state index in [0.29, 0.717) is 12.2 Å². The molecule has 5 rings (SSSR count). The molecule has 1 aromatic carbocycles. The Morgan fingerprint density at radius 1 is 1.03 bits per heavy atom.